The number of hydrogen-bond donors (Lipinski definition) is 1. The topological polar surface area (TPSA) is 35.2 Å². The van der Waals surface area contributed by atoms with Gasteiger partial charge in [0.25, 0.3) is 0 Å². The molecule has 1 aromatic carbocycles. The number of alkyl halides is 1. The molecule has 1 atom stereocenters. The van der Waals surface area contributed by atoms with Crippen molar-refractivity contribution in [1.82, 2.24) is 0 Å². The molecule has 0 amide bonds. The van der Waals surface area contributed by atoms with E-state index in [-0.39, 0.29) is 6.54 Å². The van der Waals surface area contributed by atoms with Crippen molar-refractivity contribution < 1.29 is 9.13 Å². The lowest BCUT2D eigenvalue weighted by molar-refractivity contribution is 0.340. The fourth-order valence-electron chi connectivity index (χ4n) is 1.10. The number of benzene rings is 1. The van der Waals surface area contributed by atoms with Gasteiger partial charge in [0.2, 0.25) is 0 Å². The molecule has 1 aromatic rings. The first-order valence-corrected chi connectivity index (χ1v) is 4.23. The molecular formula is C10H14FNO. The summed E-state index contributed by atoms with van der Waals surface area (Å²) in [5, 5.41) is 0. The quantitative estimate of drug-likeness (QED) is 0.768. The fraction of sp³-hybridized carbons (Fsp3) is 0.400. The lowest BCUT2D eigenvalue weighted by Crippen LogP contribution is -2.17. The van der Waals surface area contributed by atoms with Gasteiger partial charge in [0.15, 0.2) is 0 Å². The van der Waals surface area contributed by atoms with Crippen molar-refractivity contribution in [2.75, 3.05) is 13.7 Å². The van der Waals surface area contributed by atoms with Gasteiger partial charge in [0.05, 0.1) is 7.11 Å². The smallest absolute Gasteiger partial charge is 0.118 e. The Morgan fingerprint density at radius 2 is 2.00 bits per heavy atom. The number of methoxy groups -OCH3 is 1. The Hall–Kier alpha value is -1.09. The average molecular weight is 183 g/mol. The third-order valence-corrected chi connectivity index (χ3v) is 1.87. The van der Waals surface area contributed by atoms with E-state index in [1.165, 1.54) is 0 Å². The second-order valence-electron chi connectivity index (χ2n) is 2.89. The van der Waals surface area contributed by atoms with Gasteiger partial charge in [-0.25, -0.2) is 4.39 Å². The summed E-state index contributed by atoms with van der Waals surface area (Å²) in [5.74, 6) is 0.784. The molecule has 0 heterocycles. The first kappa shape index (κ1) is 9.99. The molecule has 0 aliphatic rings. The summed E-state index contributed by atoms with van der Waals surface area (Å²) >= 11 is 0. The van der Waals surface area contributed by atoms with Gasteiger partial charge >= 0.3 is 0 Å². The summed E-state index contributed by atoms with van der Waals surface area (Å²) in [5.41, 5.74) is 6.12. The average Bonchev–Trinajstić information content (AvgIpc) is 2.19. The van der Waals surface area contributed by atoms with Crippen molar-refractivity contribution in [3.8, 4) is 5.75 Å². The zero-order valence-corrected chi connectivity index (χ0v) is 7.66. The molecule has 0 bridgehead atoms. The fourth-order valence-corrected chi connectivity index (χ4v) is 1.10. The van der Waals surface area contributed by atoms with Gasteiger partial charge in [0, 0.05) is 13.0 Å². The molecule has 0 radical (unpaired) electrons. The van der Waals surface area contributed by atoms with Crippen molar-refractivity contribution in [2.45, 2.75) is 12.6 Å². The minimum Gasteiger partial charge on any atom is -0.497 e. The highest BCUT2D eigenvalue weighted by Crippen LogP contribution is 2.13. The highest BCUT2D eigenvalue weighted by atomic mass is 19.1. The van der Waals surface area contributed by atoms with Gasteiger partial charge < -0.3 is 10.5 Å². The molecule has 0 saturated carbocycles. The van der Waals surface area contributed by atoms with Gasteiger partial charge in [-0.3, -0.25) is 0 Å². The van der Waals surface area contributed by atoms with Crippen LogP contribution in [0.5, 0.6) is 5.75 Å². The number of halogens is 1. The van der Waals surface area contributed by atoms with E-state index in [4.69, 9.17) is 10.5 Å². The standard InChI is InChI=1S/C10H14FNO/c1-13-10-4-2-8(3-5-10)6-9(11)7-12/h2-5,9H,6-7,12H2,1H3. The number of ether oxygens (including phenoxy) is 1. The summed E-state index contributed by atoms with van der Waals surface area (Å²) in [6.45, 7) is 0.0754. The zero-order chi connectivity index (χ0) is 9.68. The maximum Gasteiger partial charge on any atom is 0.118 e. The van der Waals surface area contributed by atoms with E-state index in [0.29, 0.717) is 6.42 Å². The first-order valence-electron chi connectivity index (χ1n) is 4.23. The van der Waals surface area contributed by atoms with Crippen molar-refractivity contribution >= 4 is 0 Å². The molecule has 0 saturated heterocycles. The summed E-state index contributed by atoms with van der Waals surface area (Å²) in [6, 6.07) is 7.33. The molecule has 0 aromatic heterocycles. The Morgan fingerprint density at radius 1 is 1.38 bits per heavy atom. The van der Waals surface area contributed by atoms with Crippen molar-refractivity contribution in [3.05, 3.63) is 29.8 Å². The highest BCUT2D eigenvalue weighted by molar-refractivity contribution is 5.27. The zero-order valence-electron chi connectivity index (χ0n) is 7.66. The van der Waals surface area contributed by atoms with E-state index >= 15 is 0 Å². The Morgan fingerprint density at radius 3 is 2.46 bits per heavy atom. The third-order valence-electron chi connectivity index (χ3n) is 1.87. The molecule has 2 nitrogen and oxygen atoms in total. The minimum atomic E-state index is -0.951. The SMILES string of the molecule is COc1ccc(CC(F)CN)cc1. The van der Waals surface area contributed by atoms with Gasteiger partial charge in [-0.05, 0) is 17.7 Å². The predicted molar refractivity (Wildman–Crippen MR) is 50.6 cm³/mol. The summed E-state index contributed by atoms with van der Waals surface area (Å²) in [6.07, 6.45) is -0.575. The maximum atomic E-state index is 12.8. The summed E-state index contributed by atoms with van der Waals surface area (Å²) in [7, 11) is 1.60. The maximum absolute atomic E-state index is 12.8. The van der Waals surface area contributed by atoms with E-state index in [9.17, 15) is 4.39 Å². The summed E-state index contributed by atoms with van der Waals surface area (Å²) < 4.78 is 17.8. The number of hydrogen-bond acceptors (Lipinski definition) is 2. The van der Waals surface area contributed by atoms with Gasteiger partial charge in [-0.1, -0.05) is 12.1 Å². The number of nitrogens with two attached hydrogens (primary N) is 1. The normalized spacial score (nSPS) is 12.5. The van der Waals surface area contributed by atoms with Gasteiger partial charge in [-0.15, -0.1) is 0 Å². The van der Waals surface area contributed by atoms with Crippen LogP contribution >= 0.6 is 0 Å². The van der Waals surface area contributed by atoms with Crippen LogP contribution in [0.1, 0.15) is 5.56 Å². The molecule has 13 heavy (non-hydrogen) atoms. The van der Waals surface area contributed by atoms with E-state index < -0.39 is 6.17 Å². The van der Waals surface area contributed by atoms with E-state index in [0.717, 1.165) is 11.3 Å². The third kappa shape index (κ3) is 3.03. The Labute approximate surface area is 77.5 Å². The second-order valence-corrected chi connectivity index (χ2v) is 2.89. The van der Waals surface area contributed by atoms with Crippen LogP contribution in [0.4, 0.5) is 4.39 Å². The van der Waals surface area contributed by atoms with Crippen LogP contribution in [0, 0.1) is 0 Å². The molecule has 1 unspecified atom stereocenters. The van der Waals surface area contributed by atoms with Crippen LogP contribution in [-0.2, 0) is 6.42 Å². The van der Waals surface area contributed by atoms with Crippen LogP contribution < -0.4 is 10.5 Å². The van der Waals surface area contributed by atoms with Crippen molar-refractivity contribution in [1.29, 1.82) is 0 Å². The molecule has 0 fully saturated rings. The Kier molecular flexibility index (Phi) is 3.71. The van der Waals surface area contributed by atoms with Crippen molar-refractivity contribution in [2.24, 2.45) is 5.73 Å². The van der Waals surface area contributed by atoms with E-state index in [1.807, 2.05) is 24.3 Å². The summed E-state index contributed by atoms with van der Waals surface area (Å²) in [4.78, 5) is 0. The molecule has 3 heteroatoms. The monoisotopic (exact) mass is 183 g/mol. The molecule has 72 valence electrons. The van der Waals surface area contributed by atoms with Crippen LogP contribution in [0.2, 0.25) is 0 Å². The lowest BCUT2D eigenvalue weighted by Gasteiger charge is -2.05. The molecule has 0 aliphatic heterocycles. The van der Waals surface area contributed by atoms with Gasteiger partial charge in [-0.2, -0.15) is 0 Å². The first-order chi connectivity index (χ1) is 6.26. The van der Waals surface area contributed by atoms with Crippen LogP contribution in [-0.4, -0.2) is 19.8 Å². The molecular weight excluding hydrogens is 169 g/mol. The molecule has 0 aliphatic carbocycles. The van der Waals surface area contributed by atoms with Gasteiger partial charge in [0.1, 0.15) is 11.9 Å². The molecule has 0 spiro atoms. The van der Waals surface area contributed by atoms with Crippen LogP contribution in [0.15, 0.2) is 24.3 Å². The van der Waals surface area contributed by atoms with Crippen molar-refractivity contribution in [3.63, 3.8) is 0 Å². The van der Waals surface area contributed by atoms with Crippen LogP contribution in [0.3, 0.4) is 0 Å². The highest BCUT2D eigenvalue weighted by Gasteiger charge is 2.04. The van der Waals surface area contributed by atoms with Crippen LogP contribution in [0.25, 0.3) is 0 Å². The number of rotatable bonds is 4. The largest absolute Gasteiger partial charge is 0.497 e. The second kappa shape index (κ2) is 4.82. The Bertz CT molecular complexity index is 248. The Balaban J connectivity index is 2.58. The molecule has 2 N–H and O–H groups in total. The predicted octanol–water partition coefficient (Wildman–Crippen LogP) is 1.53. The van der Waals surface area contributed by atoms with E-state index in [1.54, 1.807) is 7.11 Å². The lowest BCUT2D eigenvalue weighted by atomic mass is 10.1. The minimum absolute atomic E-state index is 0.0754. The molecule has 1 rings (SSSR count). The van der Waals surface area contributed by atoms with E-state index in [2.05, 4.69) is 0 Å².